The Hall–Kier alpha value is -1.14. The maximum absolute atomic E-state index is 12.9. The van der Waals surface area contributed by atoms with Gasteiger partial charge in [-0.2, -0.15) is 0 Å². The Morgan fingerprint density at radius 1 is 1.25 bits per heavy atom. The lowest BCUT2D eigenvalue weighted by atomic mass is 10.3. The number of hydrogen-bond acceptors (Lipinski definition) is 4. The highest BCUT2D eigenvalue weighted by molar-refractivity contribution is 14.0. The third kappa shape index (κ3) is 10.4. The Kier molecular flexibility index (Phi) is 13.4. The molecule has 0 aliphatic rings. The number of nitrogens with zero attached hydrogens (tertiary/aromatic N) is 2. The van der Waals surface area contributed by atoms with Gasteiger partial charge in [-0.25, -0.2) is 22.1 Å². The molecule has 1 aromatic carbocycles. The summed E-state index contributed by atoms with van der Waals surface area (Å²) in [6, 6.07) is 5.87. The van der Waals surface area contributed by atoms with E-state index in [0.717, 1.165) is 0 Å². The molecular weight excluding hydrogens is 498 g/mol. The van der Waals surface area contributed by atoms with Gasteiger partial charge >= 0.3 is 0 Å². The van der Waals surface area contributed by atoms with Crippen molar-refractivity contribution in [2.45, 2.75) is 33.3 Å². The van der Waals surface area contributed by atoms with Gasteiger partial charge in [-0.1, -0.05) is 0 Å². The predicted octanol–water partition coefficient (Wildman–Crippen LogP) is 2.44. The Morgan fingerprint density at radius 3 is 2.46 bits per heavy atom. The summed E-state index contributed by atoms with van der Waals surface area (Å²) < 4.78 is 43.4. The maximum atomic E-state index is 12.9. The lowest BCUT2D eigenvalue weighted by molar-refractivity contribution is 0.230. The normalized spacial score (nSPS) is 13.0. The minimum atomic E-state index is -3.14. The van der Waals surface area contributed by atoms with Crippen molar-refractivity contribution in [3.05, 3.63) is 30.1 Å². The molecule has 0 saturated heterocycles. The molecule has 1 aromatic rings. The summed E-state index contributed by atoms with van der Waals surface area (Å²) in [5, 5.41) is 6.33. The molecule has 0 heterocycles. The van der Waals surface area contributed by atoms with Gasteiger partial charge in [-0.15, -0.1) is 24.0 Å². The third-order valence-corrected chi connectivity index (χ3v) is 5.65. The van der Waals surface area contributed by atoms with Gasteiger partial charge in [0.15, 0.2) is 5.96 Å². The summed E-state index contributed by atoms with van der Waals surface area (Å²) in [5.74, 6) is 1.04. The molecule has 162 valence electrons. The summed E-state index contributed by atoms with van der Waals surface area (Å²) in [7, 11) is -1.55. The maximum Gasteiger partial charge on any atom is 0.213 e. The molecule has 1 unspecified atom stereocenters. The largest absolute Gasteiger partial charge is 0.489 e. The number of halogens is 2. The SMILES string of the molecule is CCNC(=NCC(C)Oc1ccc(F)cc1)NCCCN(C)S(=O)(=O)CC.I. The molecular formula is C18H32FIN4O3S. The fourth-order valence-electron chi connectivity index (χ4n) is 2.21. The number of ether oxygens (including phenoxy) is 1. The van der Waals surface area contributed by atoms with Crippen molar-refractivity contribution in [1.82, 2.24) is 14.9 Å². The van der Waals surface area contributed by atoms with Crippen molar-refractivity contribution in [2.24, 2.45) is 4.99 Å². The zero-order valence-electron chi connectivity index (χ0n) is 16.9. The summed E-state index contributed by atoms with van der Waals surface area (Å²) in [6.45, 7) is 7.68. The number of benzene rings is 1. The van der Waals surface area contributed by atoms with E-state index in [-0.39, 0.29) is 41.7 Å². The van der Waals surface area contributed by atoms with Crippen molar-refractivity contribution < 1.29 is 17.5 Å². The van der Waals surface area contributed by atoms with E-state index in [1.54, 1.807) is 26.1 Å². The van der Waals surface area contributed by atoms with E-state index < -0.39 is 10.0 Å². The molecule has 0 amide bonds. The Balaban J connectivity index is 0.00000729. The molecule has 28 heavy (non-hydrogen) atoms. The van der Waals surface area contributed by atoms with Crippen LogP contribution >= 0.6 is 24.0 Å². The molecule has 0 radical (unpaired) electrons. The van der Waals surface area contributed by atoms with Gasteiger partial charge in [-0.3, -0.25) is 0 Å². The van der Waals surface area contributed by atoms with E-state index >= 15 is 0 Å². The molecule has 2 N–H and O–H groups in total. The summed E-state index contributed by atoms with van der Waals surface area (Å²) in [6.07, 6.45) is 0.494. The smallest absolute Gasteiger partial charge is 0.213 e. The number of guanidine groups is 1. The molecule has 7 nitrogen and oxygen atoms in total. The number of aliphatic imine (C=N–C) groups is 1. The first-order chi connectivity index (χ1) is 12.8. The van der Waals surface area contributed by atoms with E-state index in [4.69, 9.17) is 4.74 Å². The van der Waals surface area contributed by atoms with E-state index in [2.05, 4.69) is 15.6 Å². The monoisotopic (exact) mass is 530 g/mol. The average molecular weight is 530 g/mol. The van der Waals surface area contributed by atoms with Crippen molar-refractivity contribution in [1.29, 1.82) is 0 Å². The van der Waals surface area contributed by atoms with Crippen molar-refractivity contribution >= 4 is 40.0 Å². The fourth-order valence-corrected chi connectivity index (χ4v) is 3.06. The standard InChI is InChI=1S/C18H31FN4O3S.HI/c1-5-20-18(21-12-7-13-23(4)27(24,25)6-2)22-14-15(3)26-17-10-8-16(19)9-11-17;/h8-11,15H,5-7,12-14H2,1-4H3,(H2,20,21,22);1H. The molecule has 0 aliphatic heterocycles. The first-order valence-electron chi connectivity index (χ1n) is 9.16. The lowest BCUT2D eigenvalue weighted by Gasteiger charge is -2.17. The molecule has 0 aliphatic carbocycles. The van der Waals surface area contributed by atoms with E-state index in [9.17, 15) is 12.8 Å². The van der Waals surface area contributed by atoms with E-state index in [0.29, 0.717) is 44.3 Å². The summed E-state index contributed by atoms with van der Waals surface area (Å²) in [4.78, 5) is 4.47. The van der Waals surface area contributed by atoms with Gasteiger partial charge < -0.3 is 15.4 Å². The van der Waals surface area contributed by atoms with Crippen LogP contribution in [0.3, 0.4) is 0 Å². The van der Waals surface area contributed by atoms with Crippen LogP contribution in [0.2, 0.25) is 0 Å². The first-order valence-corrected chi connectivity index (χ1v) is 10.8. The van der Waals surface area contributed by atoms with Crippen LogP contribution in [-0.2, 0) is 10.0 Å². The van der Waals surface area contributed by atoms with Gasteiger partial charge in [0.1, 0.15) is 17.7 Å². The molecule has 0 aromatic heterocycles. The Labute approximate surface area is 185 Å². The van der Waals surface area contributed by atoms with E-state index in [1.807, 2.05) is 13.8 Å². The van der Waals surface area contributed by atoms with Crippen LogP contribution in [0, 0.1) is 5.82 Å². The molecule has 1 atom stereocenters. The average Bonchev–Trinajstić information content (AvgIpc) is 2.64. The molecule has 0 bridgehead atoms. The second kappa shape index (κ2) is 13.9. The van der Waals surface area contributed by atoms with Crippen molar-refractivity contribution in [3.63, 3.8) is 0 Å². The molecule has 1 rings (SSSR count). The second-order valence-corrected chi connectivity index (χ2v) is 8.47. The van der Waals surface area contributed by atoms with Crippen LogP contribution in [0.15, 0.2) is 29.3 Å². The minimum absolute atomic E-state index is 0. The molecule has 0 fully saturated rings. The minimum Gasteiger partial charge on any atom is -0.489 e. The van der Waals surface area contributed by atoms with Crippen LogP contribution in [0.1, 0.15) is 27.2 Å². The Morgan fingerprint density at radius 2 is 1.89 bits per heavy atom. The second-order valence-electron chi connectivity index (χ2n) is 6.10. The quantitative estimate of drug-likeness (QED) is 0.199. The van der Waals surface area contributed by atoms with E-state index in [1.165, 1.54) is 16.4 Å². The van der Waals surface area contributed by atoms with Gasteiger partial charge in [-0.05, 0) is 51.5 Å². The van der Waals surface area contributed by atoms with Crippen molar-refractivity contribution in [3.8, 4) is 5.75 Å². The van der Waals surface area contributed by atoms with Gasteiger partial charge in [0, 0.05) is 26.7 Å². The predicted molar refractivity (Wildman–Crippen MR) is 123 cm³/mol. The fraction of sp³-hybridized carbons (Fsp3) is 0.611. The van der Waals surface area contributed by atoms with Gasteiger partial charge in [0.2, 0.25) is 10.0 Å². The van der Waals surface area contributed by atoms with Crippen LogP contribution < -0.4 is 15.4 Å². The topological polar surface area (TPSA) is 83.0 Å². The third-order valence-electron chi connectivity index (χ3n) is 3.78. The summed E-state index contributed by atoms with van der Waals surface area (Å²) in [5.41, 5.74) is 0. The number of nitrogens with one attached hydrogen (secondary N) is 2. The van der Waals surface area contributed by atoms with Gasteiger partial charge in [0.05, 0.1) is 12.3 Å². The highest BCUT2D eigenvalue weighted by Gasteiger charge is 2.14. The molecule has 0 spiro atoms. The molecule has 10 heteroatoms. The number of sulfonamides is 1. The molecule has 0 saturated carbocycles. The van der Waals surface area contributed by atoms with Crippen LogP contribution in [0.4, 0.5) is 4.39 Å². The van der Waals surface area contributed by atoms with Crippen LogP contribution in [0.5, 0.6) is 5.75 Å². The van der Waals surface area contributed by atoms with Crippen molar-refractivity contribution in [2.75, 3.05) is 39.0 Å². The van der Waals surface area contributed by atoms with Crippen LogP contribution in [0.25, 0.3) is 0 Å². The zero-order chi connectivity index (χ0) is 20.3. The Bertz CT molecular complexity index is 687. The summed E-state index contributed by atoms with van der Waals surface area (Å²) >= 11 is 0. The number of rotatable bonds is 11. The highest BCUT2D eigenvalue weighted by Crippen LogP contribution is 2.13. The number of hydrogen-bond donors (Lipinski definition) is 2. The zero-order valence-corrected chi connectivity index (χ0v) is 20.1. The van der Waals surface area contributed by atoms with Crippen LogP contribution in [-0.4, -0.2) is 63.8 Å². The lowest BCUT2D eigenvalue weighted by Crippen LogP contribution is -2.39. The first kappa shape index (κ1) is 26.9. The highest BCUT2D eigenvalue weighted by atomic mass is 127. The van der Waals surface area contributed by atoms with Gasteiger partial charge in [0.25, 0.3) is 0 Å².